The van der Waals surface area contributed by atoms with Gasteiger partial charge in [0.25, 0.3) is 0 Å². The molecule has 2 N–H and O–H groups in total. The Balaban J connectivity index is 0. The van der Waals surface area contributed by atoms with Crippen LogP contribution in [-0.4, -0.2) is 5.54 Å². The fraction of sp³-hybridized carbons (Fsp3) is 1.00. The molecule has 1 heteroatoms. The zero-order valence-corrected chi connectivity index (χ0v) is 8.20. The van der Waals surface area contributed by atoms with Crippen molar-refractivity contribution < 1.29 is 0 Å². The molecular formula is C9H23N. The molecule has 0 aromatic carbocycles. The second-order valence-electron chi connectivity index (χ2n) is 3.45. The first-order valence-corrected chi connectivity index (χ1v) is 4.26. The number of nitrogens with two attached hydrogens (primary N) is 1. The van der Waals surface area contributed by atoms with Crippen LogP contribution in [0, 0.1) is 0 Å². The molecule has 0 amide bonds. The third-order valence-corrected chi connectivity index (χ3v) is 0.894. The summed E-state index contributed by atoms with van der Waals surface area (Å²) in [5.74, 6) is 0. The lowest BCUT2D eigenvalue weighted by Crippen LogP contribution is -2.31. The summed E-state index contributed by atoms with van der Waals surface area (Å²) in [5.41, 5.74) is 5.70. The van der Waals surface area contributed by atoms with Gasteiger partial charge in [-0.15, -0.1) is 0 Å². The molecule has 0 heterocycles. The third kappa shape index (κ3) is 24.6. The fourth-order valence-corrected chi connectivity index (χ4v) is 0.644. The van der Waals surface area contributed by atoms with Crippen LogP contribution in [0.2, 0.25) is 0 Å². The van der Waals surface area contributed by atoms with Crippen LogP contribution in [0.4, 0.5) is 0 Å². The molecule has 0 aliphatic carbocycles. The van der Waals surface area contributed by atoms with E-state index in [2.05, 4.69) is 34.6 Å². The summed E-state index contributed by atoms with van der Waals surface area (Å²) in [4.78, 5) is 0. The Morgan fingerprint density at radius 2 is 1.40 bits per heavy atom. The monoisotopic (exact) mass is 145 g/mol. The predicted molar refractivity (Wildman–Crippen MR) is 49.1 cm³/mol. The molecule has 1 nitrogen and oxygen atoms in total. The van der Waals surface area contributed by atoms with Gasteiger partial charge in [0.1, 0.15) is 0 Å². The normalized spacial score (nSPS) is 10.2. The molecule has 0 radical (unpaired) electrons. The van der Waals surface area contributed by atoms with E-state index in [1.54, 1.807) is 0 Å². The van der Waals surface area contributed by atoms with Crippen LogP contribution in [0.1, 0.15) is 53.9 Å². The van der Waals surface area contributed by atoms with Crippen LogP contribution in [0.5, 0.6) is 0 Å². The average Bonchev–Trinajstić information content (AvgIpc) is 1.63. The average molecular weight is 145 g/mol. The van der Waals surface area contributed by atoms with Gasteiger partial charge in [-0.05, 0) is 20.3 Å². The van der Waals surface area contributed by atoms with Gasteiger partial charge in [0.15, 0.2) is 0 Å². The van der Waals surface area contributed by atoms with Crippen LogP contribution in [-0.2, 0) is 0 Å². The number of rotatable bonds is 2. The minimum atomic E-state index is 0.0503. The molecule has 0 aromatic rings. The Morgan fingerprint density at radius 1 is 1.10 bits per heavy atom. The topological polar surface area (TPSA) is 26.0 Å². The van der Waals surface area contributed by atoms with Gasteiger partial charge < -0.3 is 5.73 Å². The van der Waals surface area contributed by atoms with Crippen molar-refractivity contribution in [3.63, 3.8) is 0 Å². The van der Waals surface area contributed by atoms with E-state index in [1.807, 2.05) is 0 Å². The predicted octanol–water partition coefficient (Wildman–Crippen LogP) is 2.94. The maximum atomic E-state index is 5.65. The first kappa shape index (κ1) is 12.6. The summed E-state index contributed by atoms with van der Waals surface area (Å²) in [6.45, 7) is 10.5. The second kappa shape index (κ2) is 7.07. The Kier molecular flexibility index (Phi) is 8.92. The summed E-state index contributed by atoms with van der Waals surface area (Å²) in [6.07, 6.45) is 3.55. The zero-order chi connectivity index (χ0) is 8.62. The van der Waals surface area contributed by atoms with Gasteiger partial charge in [0, 0.05) is 5.54 Å². The van der Waals surface area contributed by atoms with E-state index >= 15 is 0 Å². The minimum Gasteiger partial charge on any atom is -0.326 e. The van der Waals surface area contributed by atoms with Crippen molar-refractivity contribution in [1.29, 1.82) is 0 Å². The van der Waals surface area contributed by atoms with E-state index in [-0.39, 0.29) is 5.54 Å². The quantitative estimate of drug-likeness (QED) is 0.635. The van der Waals surface area contributed by atoms with Crippen LogP contribution in [0.15, 0.2) is 0 Å². The molecule has 0 rings (SSSR count). The summed E-state index contributed by atoms with van der Waals surface area (Å²) < 4.78 is 0. The first-order valence-electron chi connectivity index (χ1n) is 4.26. The molecule has 0 spiro atoms. The second-order valence-corrected chi connectivity index (χ2v) is 3.45. The standard InChI is InChI=1S/C6H15N.C3H8/c1-4-5-6(2,3)7;1-3-2/h4-5,7H2,1-3H3;3H2,1-2H3. The lowest BCUT2D eigenvalue weighted by Gasteiger charge is -2.15. The Labute approximate surface area is 66.0 Å². The molecule has 0 fully saturated rings. The summed E-state index contributed by atoms with van der Waals surface area (Å²) in [5, 5.41) is 0. The summed E-state index contributed by atoms with van der Waals surface area (Å²) in [6, 6.07) is 0. The first-order chi connectivity index (χ1) is 4.47. The highest BCUT2D eigenvalue weighted by Crippen LogP contribution is 2.04. The van der Waals surface area contributed by atoms with Crippen LogP contribution >= 0.6 is 0 Å². The molecule has 0 aliphatic heterocycles. The van der Waals surface area contributed by atoms with Crippen molar-refractivity contribution in [1.82, 2.24) is 0 Å². The van der Waals surface area contributed by atoms with Crippen molar-refractivity contribution in [3.05, 3.63) is 0 Å². The highest BCUT2D eigenvalue weighted by Gasteiger charge is 2.06. The molecule has 0 saturated heterocycles. The van der Waals surface area contributed by atoms with Gasteiger partial charge in [-0.1, -0.05) is 33.6 Å². The van der Waals surface area contributed by atoms with E-state index in [4.69, 9.17) is 5.73 Å². The van der Waals surface area contributed by atoms with Gasteiger partial charge >= 0.3 is 0 Å². The molecular weight excluding hydrogens is 122 g/mol. The fourth-order valence-electron chi connectivity index (χ4n) is 0.644. The lowest BCUT2D eigenvalue weighted by atomic mass is 10.0. The zero-order valence-electron chi connectivity index (χ0n) is 8.20. The van der Waals surface area contributed by atoms with Crippen molar-refractivity contribution in [2.24, 2.45) is 5.73 Å². The van der Waals surface area contributed by atoms with Crippen molar-refractivity contribution in [2.45, 2.75) is 59.4 Å². The van der Waals surface area contributed by atoms with Crippen molar-refractivity contribution >= 4 is 0 Å². The number of hydrogen-bond donors (Lipinski definition) is 1. The van der Waals surface area contributed by atoms with Gasteiger partial charge in [0.05, 0.1) is 0 Å². The van der Waals surface area contributed by atoms with Crippen molar-refractivity contribution in [2.75, 3.05) is 0 Å². The Hall–Kier alpha value is -0.0400. The third-order valence-electron chi connectivity index (χ3n) is 0.894. The lowest BCUT2D eigenvalue weighted by molar-refractivity contribution is 0.470. The molecule has 64 valence electrons. The molecule has 0 saturated carbocycles. The molecule has 0 aromatic heterocycles. The summed E-state index contributed by atoms with van der Waals surface area (Å²) >= 11 is 0. The maximum absolute atomic E-state index is 5.65. The van der Waals surface area contributed by atoms with E-state index in [0.29, 0.717) is 0 Å². The highest BCUT2D eigenvalue weighted by atomic mass is 14.7. The van der Waals surface area contributed by atoms with E-state index in [0.717, 1.165) is 6.42 Å². The highest BCUT2D eigenvalue weighted by molar-refractivity contribution is 4.69. The molecule has 0 unspecified atom stereocenters. The van der Waals surface area contributed by atoms with E-state index in [1.165, 1.54) is 12.8 Å². The van der Waals surface area contributed by atoms with E-state index in [9.17, 15) is 0 Å². The summed E-state index contributed by atoms with van der Waals surface area (Å²) in [7, 11) is 0. The minimum absolute atomic E-state index is 0.0503. The molecule has 0 atom stereocenters. The largest absolute Gasteiger partial charge is 0.326 e. The van der Waals surface area contributed by atoms with Crippen LogP contribution < -0.4 is 5.73 Å². The van der Waals surface area contributed by atoms with Gasteiger partial charge in [0.2, 0.25) is 0 Å². The van der Waals surface area contributed by atoms with Gasteiger partial charge in [-0.3, -0.25) is 0 Å². The smallest absolute Gasteiger partial charge is 0.00969 e. The van der Waals surface area contributed by atoms with Gasteiger partial charge in [-0.25, -0.2) is 0 Å². The Morgan fingerprint density at radius 3 is 1.40 bits per heavy atom. The molecule has 0 bridgehead atoms. The van der Waals surface area contributed by atoms with Crippen LogP contribution in [0.3, 0.4) is 0 Å². The number of hydrogen-bond acceptors (Lipinski definition) is 1. The van der Waals surface area contributed by atoms with Gasteiger partial charge in [-0.2, -0.15) is 0 Å². The Bertz CT molecular complexity index is 52.2. The molecule has 0 aliphatic rings. The molecule has 10 heavy (non-hydrogen) atoms. The van der Waals surface area contributed by atoms with E-state index < -0.39 is 0 Å². The van der Waals surface area contributed by atoms with Crippen molar-refractivity contribution in [3.8, 4) is 0 Å². The maximum Gasteiger partial charge on any atom is 0.00969 e. The van der Waals surface area contributed by atoms with Crippen LogP contribution in [0.25, 0.3) is 0 Å². The SMILES string of the molecule is CCC.CCCC(C)(C)N.